The van der Waals surface area contributed by atoms with Crippen molar-refractivity contribution in [2.45, 2.75) is 44.2 Å². The lowest BCUT2D eigenvalue weighted by molar-refractivity contribution is 0.290. The first kappa shape index (κ1) is 27.8. The zero-order valence-electron chi connectivity index (χ0n) is 21.3. The molecule has 2 heterocycles. The minimum Gasteiger partial charge on any atom is -0.287 e. The molecule has 11 heteroatoms. The minimum atomic E-state index is -3.87. The molecule has 0 radical (unpaired) electrons. The van der Waals surface area contributed by atoms with Gasteiger partial charge >= 0.3 is 0 Å². The molecular formula is C26H31ClFN3O4S2. The Morgan fingerprint density at radius 2 is 1.68 bits per heavy atom. The minimum absolute atomic E-state index is 0.113. The molecule has 1 aliphatic rings. The topological polar surface area (TPSA) is 89.3 Å². The van der Waals surface area contributed by atoms with Crippen LogP contribution >= 0.6 is 11.6 Å². The molecule has 0 aliphatic carbocycles. The lowest BCUT2D eigenvalue weighted by atomic mass is 9.81. The third-order valence-electron chi connectivity index (χ3n) is 7.11. The summed E-state index contributed by atoms with van der Waals surface area (Å²) in [6, 6.07) is 11.3. The second-order valence-corrected chi connectivity index (χ2v) is 14.5. The molecule has 0 N–H and O–H groups in total. The first-order valence-corrected chi connectivity index (χ1v) is 15.9. The number of rotatable bonds is 7. The zero-order chi connectivity index (χ0) is 27.2. The quantitative estimate of drug-likeness (QED) is 0.411. The van der Waals surface area contributed by atoms with Gasteiger partial charge in [0, 0.05) is 29.2 Å². The van der Waals surface area contributed by atoms with Crippen molar-refractivity contribution in [3.05, 3.63) is 76.3 Å². The van der Waals surface area contributed by atoms with Crippen molar-refractivity contribution in [2.75, 3.05) is 25.1 Å². The SMILES string of the molecule is Cc1cc(C(C)(C)c2cnc(S(=O)(=O)CC3CCN(S(C)(=O)=O)CC3)n2-c2ccc(F)cc2)ccc1Cl. The van der Waals surface area contributed by atoms with E-state index in [1.807, 2.05) is 39.0 Å². The van der Waals surface area contributed by atoms with Crippen LogP contribution in [0.4, 0.5) is 4.39 Å². The summed E-state index contributed by atoms with van der Waals surface area (Å²) < 4.78 is 67.8. The standard InChI is InChI=1S/C26H31ClFN3O4S2/c1-18-15-20(5-10-23(18)27)26(2,3)24-16-29-25(31(24)22-8-6-21(28)7-9-22)37(34,35)17-19-11-13-30(14-12-19)36(4,32)33/h5-10,15-16,19H,11-14,17H2,1-4H3. The Morgan fingerprint density at radius 1 is 1.05 bits per heavy atom. The van der Waals surface area contributed by atoms with Crippen LogP contribution < -0.4 is 0 Å². The summed E-state index contributed by atoms with van der Waals surface area (Å²) in [6.45, 7) is 6.44. The molecular weight excluding hydrogens is 537 g/mol. The lowest BCUT2D eigenvalue weighted by Gasteiger charge is -2.30. The van der Waals surface area contributed by atoms with Gasteiger partial charge in [0.15, 0.2) is 0 Å². The van der Waals surface area contributed by atoms with E-state index < -0.39 is 31.1 Å². The number of sulfone groups is 1. The van der Waals surface area contributed by atoms with Gasteiger partial charge in [0.1, 0.15) is 5.82 Å². The van der Waals surface area contributed by atoms with E-state index in [9.17, 15) is 21.2 Å². The molecule has 0 amide bonds. The van der Waals surface area contributed by atoms with Crippen LogP contribution in [0.2, 0.25) is 5.02 Å². The van der Waals surface area contributed by atoms with Crippen LogP contribution in [-0.2, 0) is 25.3 Å². The van der Waals surface area contributed by atoms with Gasteiger partial charge in [-0.15, -0.1) is 0 Å². The number of hydrogen-bond donors (Lipinski definition) is 0. The highest BCUT2D eigenvalue weighted by atomic mass is 35.5. The average Bonchev–Trinajstić information content (AvgIpc) is 3.28. The van der Waals surface area contributed by atoms with E-state index in [1.54, 1.807) is 10.8 Å². The van der Waals surface area contributed by atoms with Crippen LogP contribution in [0.15, 0.2) is 53.8 Å². The molecule has 37 heavy (non-hydrogen) atoms. The van der Waals surface area contributed by atoms with Gasteiger partial charge in [-0.1, -0.05) is 37.6 Å². The van der Waals surface area contributed by atoms with E-state index in [-0.39, 0.29) is 16.8 Å². The first-order chi connectivity index (χ1) is 17.2. The van der Waals surface area contributed by atoms with Crippen LogP contribution in [0.3, 0.4) is 0 Å². The van der Waals surface area contributed by atoms with Crippen molar-refractivity contribution in [1.29, 1.82) is 0 Å². The molecule has 0 spiro atoms. The van der Waals surface area contributed by atoms with Gasteiger partial charge in [-0.05, 0) is 67.1 Å². The predicted octanol–water partition coefficient (Wildman–Crippen LogP) is 4.74. The summed E-state index contributed by atoms with van der Waals surface area (Å²) in [5, 5.41) is 0.523. The second-order valence-electron chi connectivity index (χ2n) is 10.2. The van der Waals surface area contributed by atoms with Crippen molar-refractivity contribution >= 4 is 31.5 Å². The smallest absolute Gasteiger partial charge is 0.232 e. The molecule has 3 aromatic rings. The fourth-order valence-electron chi connectivity index (χ4n) is 4.81. The summed E-state index contributed by atoms with van der Waals surface area (Å²) in [4.78, 5) is 4.39. The van der Waals surface area contributed by atoms with E-state index in [2.05, 4.69) is 4.98 Å². The average molecular weight is 568 g/mol. The molecule has 0 bridgehead atoms. The zero-order valence-corrected chi connectivity index (χ0v) is 23.7. The van der Waals surface area contributed by atoms with Crippen LogP contribution in [0.25, 0.3) is 5.69 Å². The number of imidazole rings is 1. The number of benzene rings is 2. The second kappa shape index (κ2) is 10.1. The molecule has 200 valence electrons. The maximum absolute atomic E-state index is 13.8. The monoisotopic (exact) mass is 567 g/mol. The van der Waals surface area contributed by atoms with Gasteiger partial charge in [0.2, 0.25) is 25.0 Å². The van der Waals surface area contributed by atoms with Crippen LogP contribution in [0.5, 0.6) is 0 Å². The number of aromatic nitrogens is 2. The first-order valence-electron chi connectivity index (χ1n) is 12.0. The van der Waals surface area contributed by atoms with Gasteiger partial charge < -0.3 is 0 Å². The highest BCUT2D eigenvalue weighted by Gasteiger charge is 2.35. The van der Waals surface area contributed by atoms with Crippen molar-refractivity contribution in [1.82, 2.24) is 13.9 Å². The molecule has 1 saturated heterocycles. The molecule has 7 nitrogen and oxygen atoms in total. The Kier molecular flexibility index (Phi) is 7.60. The number of piperidine rings is 1. The largest absolute Gasteiger partial charge is 0.287 e. The van der Waals surface area contributed by atoms with E-state index in [1.165, 1.54) is 28.6 Å². The summed E-state index contributed by atoms with van der Waals surface area (Å²) in [6.07, 6.45) is 3.62. The van der Waals surface area contributed by atoms with Crippen molar-refractivity contribution in [2.24, 2.45) is 5.92 Å². The van der Waals surface area contributed by atoms with Crippen LogP contribution in [0.1, 0.15) is 43.5 Å². The van der Waals surface area contributed by atoms with E-state index in [0.29, 0.717) is 42.3 Å². The molecule has 1 fully saturated rings. The third-order valence-corrected chi connectivity index (χ3v) is 10.6. The van der Waals surface area contributed by atoms with Crippen molar-refractivity contribution < 1.29 is 21.2 Å². The van der Waals surface area contributed by atoms with Gasteiger partial charge in [0.25, 0.3) is 0 Å². The molecule has 1 aromatic heterocycles. The van der Waals surface area contributed by atoms with Gasteiger partial charge in [0.05, 0.1) is 23.9 Å². The fourth-order valence-corrected chi connectivity index (χ4v) is 7.60. The number of hydrogen-bond acceptors (Lipinski definition) is 5. The summed E-state index contributed by atoms with van der Waals surface area (Å²) in [7, 11) is -7.18. The Hall–Kier alpha value is -2.27. The Morgan fingerprint density at radius 3 is 2.24 bits per heavy atom. The fraction of sp³-hybridized carbons (Fsp3) is 0.423. The molecule has 2 aromatic carbocycles. The molecule has 0 saturated carbocycles. The van der Waals surface area contributed by atoms with E-state index in [0.717, 1.165) is 17.4 Å². The predicted molar refractivity (Wildman–Crippen MR) is 143 cm³/mol. The normalized spacial score (nSPS) is 16.3. The van der Waals surface area contributed by atoms with Crippen molar-refractivity contribution in [3.63, 3.8) is 0 Å². The number of halogens is 2. The summed E-state index contributed by atoms with van der Waals surface area (Å²) in [5.41, 5.74) is 2.28. The van der Waals surface area contributed by atoms with Gasteiger partial charge in [-0.2, -0.15) is 0 Å². The Labute approximate surface area is 223 Å². The Balaban J connectivity index is 1.75. The van der Waals surface area contributed by atoms with Crippen molar-refractivity contribution in [3.8, 4) is 5.69 Å². The van der Waals surface area contributed by atoms with E-state index >= 15 is 0 Å². The molecule has 0 atom stereocenters. The van der Waals surface area contributed by atoms with Gasteiger partial charge in [-0.3, -0.25) is 4.57 Å². The number of aryl methyl sites for hydroxylation is 1. The third kappa shape index (κ3) is 5.77. The highest BCUT2D eigenvalue weighted by molar-refractivity contribution is 7.91. The molecule has 1 aliphatic heterocycles. The summed E-state index contributed by atoms with van der Waals surface area (Å²) in [5.74, 6) is -0.778. The number of nitrogens with zero attached hydrogens (tertiary/aromatic N) is 3. The van der Waals surface area contributed by atoms with Crippen LogP contribution in [-0.4, -0.2) is 55.8 Å². The maximum atomic E-state index is 13.8. The molecule has 0 unspecified atom stereocenters. The maximum Gasteiger partial charge on any atom is 0.232 e. The lowest BCUT2D eigenvalue weighted by Crippen LogP contribution is -2.39. The number of sulfonamides is 1. The summed E-state index contributed by atoms with van der Waals surface area (Å²) >= 11 is 6.24. The van der Waals surface area contributed by atoms with Gasteiger partial charge in [-0.25, -0.2) is 30.5 Å². The van der Waals surface area contributed by atoms with E-state index in [4.69, 9.17) is 11.6 Å². The highest BCUT2D eigenvalue weighted by Crippen LogP contribution is 2.37. The van der Waals surface area contributed by atoms with Crippen LogP contribution in [0, 0.1) is 18.7 Å². The molecule has 4 rings (SSSR count). The Bertz CT molecular complexity index is 1510.